The summed E-state index contributed by atoms with van der Waals surface area (Å²) in [5, 5.41) is 20.8. The molecule has 0 radical (unpaired) electrons. The molecule has 1 atom stereocenters. The van der Waals surface area contributed by atoms with Crippen molar-refractivity contribution in [2.75, 3.05) is 13.2 Å². The van der Waals surface area contributed by atoms with E-state index in [-0.39, 0.29) is 24.9 Å². The van der Waals surface area contributed by atoms with Crippen LogP contribution in [0.1, 0.15) is 84.5 Å². The van der Waals surface area contributed by atoms with Crippen LogP contribution in [-0.2, 0) is 9.59 Å². The Morgan fingerprint density at radius 1 is 0.833 bits per heavy atom. The minimum Gasteiger partial charge on any atom is -0.394 e. The molecule has 142 valence electrons. The molecule has 0 aliphatic heterocycles. The molecule has 0 saturated carbocycles. The molecule has 0 aromatic carbocycles. The molecule has 0 rings (SSSR count). The Hall–Kier alpha value is -0.940. The Labute approximate surface area is 147 Å². The van der Waals surface area contributed by atoms with Gasteiger partial charge < -0.3 is 15.5 Å². The number of carbonyl (C=O) groups is 2. The SMILES string of the molecule is CCCCCCCC(=O)[C@H](CCCCCC)C(=O)NC(CO)CO. The van der Waals surface area contributed by atoms with Gasteiger partial charge in [-0.2, -0.15) is 0 Å². The van der Waals surface area contributed by atoms with Crippen LogP contribution in [-0.4, -0.2) is 41.2 Å². The highest BCUT2D eigenvalue weighted by atomic mass is 16.3. The molecular formula is C19H37NO4. The van der Waals surface area contributed by atoms with Gasteiger partial charge in [-0.25, -0.2) is 0 Å². The number of rotatable bonds is 16. The first kappa shape index (κ1) is 23.1. The van der Waals surface area contributed by atoms with Crippen molar-refractivity contribution in [3.8, 4) is 0 Å². The first-order chi connectivity index (χ1) is 11.6. The molecule has 5 nitrogen and oxygen atoms in total. The average molecular weight is 344 g/mol. The molecule has 0 saturated heterocycles. The number of nitrogens with one attached hydrogen (secondary N) is 1. The van der Waals surface area contributed by atoms with E-state index in [0.29, 0.717) is 12.8 Å². The summed E-state index contributed by atoms with van der Waals surface area (Å²) in [5.74, 6) is -0.998. The Kier molecular flexibility index (Phi) is 15.0. The van der Waals surface area contributed by atoms with Crippen LogP contribution >= 0.6 is 0 Å². The van der Waals surface area contributed by atoms with Crippen LogP contribution < -0.4 is 5.32 Å². The fraction of sp³-hybridized carbons (Fsp3) is 0.895. The molecule has 0 heterocycles. The van der Waals surface area contributed by atoms with Crippen molar-refractivity contribution in [2.45, 2.75) is 90.5 Å². The lowest BCUT2D eigenvalue weighted by Gasteiger charge is -2.19. The fourth-order valence-electron chi connectivity index (χ4n) is 2.74. The highest BCUT2D eigenvalue weighted by molar-refractivity contribution is 6.01. The predicted octanol–water partition coefficient (Wildman–Crippen LogP) is 2.97. The minimum absolute atomic E-state index is 0.00451. The maximum Gasteiger partial charge on any atom is 0.230 e. The van der Waals surface area contributed by atoms with Gasteiger partial charge in [-0.05, 0) is 12.8 Å². The van der Waals surface area contributed by atoms with Gasteiger partial charge in [0.2, 0.25) is 5.91 Å². The fourth-order valence-corrected chi connectivity index (χ4v) is 2.74. The highest BCUT2D eigenvalue weighted by Crippen LogP contribution is 2.17. The summed E-state index contributed by atoms with van der Waals surface area (Å²) in [6.07, 6.45) is 10.4. The second-order valence-corrected chi connectivity index (χ2v) is 6.60. The van der Waals surface area contributed by atoms with Gasteiger partial charge in [-0.1, -0.05) is 65.2 Å². The topological polar surface area (TPSA) is 86.6 Å². The normalized spacial score (nSPS) is 12.4. The lowest BCUT2D eigenvalue weighted by Crippen LogP contribution is -2.45. The predicted molar refractivity (Wildman–Crippen MR) is 96.7 cm³/mol. The van der Waals surface area contributed by atoms with Crippen molar-refractivity contribution in [1.29, 1.82) is 0 Å². The van der Waals surface area contributed by atoms with E-state index in [1.165, 1.54) is 12.8 Å². The van der Waals surface area contributed by atoms with E-state index in [1.54, 1.807) is 0 Å². The average Bonchev–Trinajstić information content (AvgIpc) is 2.59. The van der Waals surface area contributed by atoms with E-state index < -0.39 is 12.0 Å². The Morgan fingerprint density at radius 3 is 1.92 bits per heavy atom. The zero-order valence-electron chi connectivity index (χ0n) is 15.6. The van der Waals surface area contributed by atoms with E-state index in [4.69, 9.17) is 10.2 Å². The van der Waals surface area contributed by atoms with E-state index >= 15 is 0 Å². The number of ketones is 1. The molecule has 0 unspecified atom stereocenters. The number of hydrogen-bond acceptors (Lipinski definition) is 4. The third kappa shape index (κ3) is 10.8. The molecule has 5 heteroatoms. The summed E-state index contributed by atoms with van der Waals surface area (Å²) < 4.78 is 0. The van der Waals surface area contributed by atoms with Crippen LogP contribution in [0.25, 0.3) is 0 Å². The molecule has 0 fully saturated rings. The maximum atomic E-state index is 12.5. The van der Waals surface area contributed by atoms with Crippen molar-refractivity contribution >= 4 is 11.7 Å². The third-order valence-corrected chi connectivity index (χ3v) is 4.37. The summed E-state index contributed by atoms with van der Waals surface area (Å²) in [6.45, 7) is 3.63. The Balaban J connectivity index is 4.48. The molecular weight excluding hydrogens is 306 g/mol. The second-order valence-electron chi connectivity index (χ2n) is 6.60. The molecule has 0 spiro atoms. The molecule has 0 aliphatic rings. The van der Waals surface area contributed by atoms with Gasteiger partial charge >= 0.3 is 0 Å². The maximum absolute atomic E-state index is 12.5. The van der Waals surface area contributed by atoms with Gasteiger partial charge in [-0.3, -0.25) is 9.59 Å². The number of unbranched alkanes of at least 4 members (excludes halogenated alkanes) is 7. The molecule has 0 aliphatic carbocycles. The quantitative estimate of drug-likeness (QED) is 0.297. The van der Waals surface area contributed by atoms with Crippen LogP contribution in [0.4, 0.5) is 0 Å². The molecule has 0 aromatic heterocycles. The van der Waals surface area contributed by atoms with Crippen LogP contribution in [0.3, 0.4) is 0 Å². The first-order valence-electron chi connectivity index (χ1n) is 9.65. The zero-order valence-corrected chi connectivity index (χ0v) is 15.6. The van der Waals surface area contributed by atoms with Crippen LogP contribution in [0.15, 0.2) is 0 Å². The monoisotopic (exact) mass is 343 g/mol. The standard InChI is InChI=1S/C19H37NO4/c1-3-5-7-9-11-13-18(23)17(12-10-8-6-4-2)19(24)20-16(14-21)15-22/h16-17,21-22H,3-15H2,1-2H3,(H,20,24)/t17-/m0/s1. The first-order valence-corrected chi connectivity index (χ1v) is 9.65. The molecule has 0 aromatic rings. The largest absolute Gasteiger partial charge is 0.394 e. The van der Waals surface area contributed by atoms with Gasteiger partial charge in [0.1, 0.15) is 5.78 Å². The number of aliphatic hydroxyl groups is 2. The van der Waals surface area contributed by atoms with E-state index in [9.17, 15) is 9.59 Å². The summed E-state index contributed by atoms with van der Waals surface area (Å²) in [5.41, 5.74) is 0. The number of aliphatic hydroxyl groups excluding tert-OH is 2. The minimum atomic E-state index is -0.687. The van der Waals surface area contributed by atoms with E-state index in [1.807, 2.05) is 0 Å². The highest BCUT2D eigenvalue weighted by Gasteiger charge is 2.26. The smallest absolute Gasteiger partial charge is 0.230 e. The summed E-state index contributed by atoms with van der Waals surface area (Å²) in [7, 11) is 0. The van der Waals surface area contributed by atoms with Gasteiger partial charge in [0.05, 0.1) is 25.2 Å². The molecule has 3 N–H and O–H groups in total. The van der Waals surface area contributed by atoms with Gasteiger partial charge in [-0.15, -0.1) is 0 Å². The number of Topliss-reactive ketones (excluding diaryl/α,β-unsaturated/α-hetero) is 1. The number of carbonyl (C=O) groups excluding carboxylic acids is 2. The van der Waals surface area contributed by atoms with Crippen LogP contribution in [0.2, 0.25) is 0 Å². The van der Waals surface area contributed by atoms with Crippen molar-refractivity contribution < 1.29 is 19.8 Å². The van der Waals surface area contributed by atoms with Crippen molar-refractivity contribution in [1.82, 2.24) is 5.32 Å². The van der Waals surface area contributed by atoms with Crippen molar-refractivity contribution in [2.24, 2.45) is 5.92 Å². The van der Waals surface area contributed by atoms with E-state index in [2.05, 4.69) is 19.2 Å². The lowest BCUT2D eigenvalue weighted by molar-refractivity contribution is -0.135. The number of amides is 1. The Bertz CT molecular complexity index is 329. The summed E-state index contributed by atoms with van der Waals surface area (Å²) >= 11 is 0. The molecule has 0 bridgehead atoms. The molecule has 1 amide bonds. The third-order valence-electron chi connectivity index (χ3n) is 4.37. The van der Waals surface area contributed by atoms with Crippen molar-refractivity contribution in [3.05, 3.63) is 0 Å². The summed E-state index contributed by atoms with van der Waals surface area (Å²) in [6, 6.07) is -0.687. The summed E-state index contributed by atoms with van der Waals surface area (Å²) in [4.78, 5) is 24.8. The van der Waals surface area contributed by atoms with Crippen LogP contribution in [0, 0.1) is 5.92 Å². The molecule has 24 heavy (non-hydrogen) atoms. The van der Waals surface area contributed by atoms with E-state index in [0.717, 1.165) is 44.9 Å². The van der Waals surface area contributed by atoms with Crippen molar-refractivity contribution in [3.63, 3.8) is 0 Å². The second kappa shape index (κ2) is 15.6. The van der Waals surface area contributed by atoms with Gasteiger partial charge in [0.15, 0.2) is 0 Å². The number of hydrogen-bond donors (Lipinski definition) is 3. The lowest BCUT2D eigenvalue weighted by atomic mass is 9.92. The zero-order chi connectivity index (χ0) is 18.2. The van der Waals surface area contributed by atoms with Gasteiger partial charge in [0, 0.05) is 6.42 Å². The van der Waals surface area contributed by atoms with Gasteiger partial charge in [0.25, 0.3) is 0 Å². The Morgan fingerprint density at radius 2 is 1.38 bits per heavy atom. The van der Waals surface area contributed by atoms with Crippen LogP contribution in [0.5, 0.6) is 0 Å².